The third-order valence-electron chi connectivity index (χ3n) is 2.47. The van der Waals surface area contributed by atoms with Crippen molar-refractivity contribution in [2.24, 2.45) is 10.9 Å². The Labute approximate surface area is 98.0 Å². The zero-order valence-corrected chi connectivity index (χ0v) is 10.4. The molecule has 0 spiro atoms. The Kier molecular flexibility index (Phi) is 4.83. The van der Waals surface area contributed by atoms with Crippen molar-refractivity contribution in [2.75, 3.05) is 7.05 Å². The number of amidine groups is 1. The van der Waals surface area contributed by atoms with Crippen LogP contribution >= 0.6 is 0 Å². The van der Waals surface area contributed by atoms with E-state index in [2.05, 4.69) is 22.2 Å². The average molecular weight is 219 g/mol. The minimum atomic E-state index is 0.643. The first-order chi connectivity index (χ1) is 7.67. The molecular formula is C13H21N3. The summed E-state index contributed by atoms with van der Waals surface area (Å²) in [6.45, 7) is 7.98. The molecule has 0 radical (unpaired) electrons. The maximum Gasteiger partial charge on any atom is 0.129 e. The van der Waals surface area contributed by atoms with Crippen molar-refractivity contribution in [2.45, 2.75) is 26.7 Å². The molecular weight excluding hydrogens is 198 g/mol. The Morgan fingerprint density at radius 3 is 2.62 bits per heavy atom. The molecule has 0 heterocycles. The van der Waals surface area contributed by atoms with Crippen LogP contribution in [0.1, 0.15) is 26.7 Å². The molecule has 2 N–H and O–H groups in total. The summed E-state index contributed by atoms with van der Waals surface area (Å²) in [4.78, 5) is 4.37. The van der Waals surface area contributed by atoms with Crippen molar-refractivity contribution >= 4 is 5.84 Å². The van der Waals surface area contributed by atoms with Crippen LogP contribution in [0.4, 0.5) is 0 Å². The molecule has 1 saturated carbocycles. The molecule has 1 aliphatic carbocycles. The third kappa shape index (κ3) is 4.34. The summed E-state index contributed by atoms with van der Waals surface area (Å²) in [7, 11) is 1.88. The van der Waals surface area contributed by atoms with Gasteiger partial charge < -0.3 is 10.6 Å². The van der Waals surface area contributed by atoms with E-state index in [0.717, 1.165) is 17.2 Å². The Hall–Kier alpha value is -1.51. The van der Waals surface area contributed by atoms with Crippen molar-refractivity contribution in [3.63, 3.8) is 0 Å². The van der Waals surface area contributed by atoms with Gasteiger partial charge >= 0.3 is 0 Å². The highest BCUT2D eigenvalue weighted by Gasteiger charge is 2.24. The van der Waals surface area contributed by atoms with E-state index < -0.39 is 0 Å². The summed E-state index contributed by atoms with van der Waals surface area (Å²) in [6, 6.07) is 0. The van der Waals surface area contributed by atoms with Crippen LogP contribution < -0.4 is 10.6 Å². The summed E-state index contributed by atoms with van der Waals surface area (Å²) in [5.74, 6) is 1.49. The minimum absolute atomic E-state index is 0.643. The van der Waals surface area contributed by atoms with Crippen LogP contribution in [-0.4, -0.2) is 12.9 Å². The number of nitrogens with zero attached hydrogens (tertiary/aromatic N) is 1. The lowest BCUT2D eigenvalue weighted by Crippen LogP contribution is -2.21. The number of hydrogen-bond donors (Lipinski definition) is 2. The van der Waals surface area contributed by atoms with Crippen molar-refractivity contribution in [1.82, 2.24) is 10.6 Å². The van der Waals surface area contributed by atoms with Crippen LogP contribution in [0, 0.1) is 5.92 Å². The number of aliphatic imine (C=N–C) groups is 1. The quantitative estimate of drug-likeness (QED) is 0.550. The van der Waals surface area contributed by atoms with Gasteiger partial charge in [0.1, 0.15) is 5.84 Å². The number of hydrogen-bond acceptors (Lipinski definition) is 2. The molecule has 3 nitrogen and oxygen atoms in total. The van der Waals surface area contributed by atoms with Crippen LogP contribution in [0.5, 0.6) is 0 Å². The molecule has 1 aliphatic rings. The molecule has 0 unspecified atom stereocenters. The molecule has 0 aromatic heterocycles. The second-order valence-electron chi connectivity index (χ2n) is 4.00. The van der Waals surface area contributed by atoms with Crippen molar-refractivity contribution in [1.29, 1.82) is 0 Å². The van der Waals surface area contributed by atoms with Gasteiger partial charge in [-0.2, -0.15) is 0 Å². The predicted octanol–water partition coefficient (Wildman–Crippen LogP) is 2.56. The Morgan fingerprint density at radius 1 is 1.44 bits per heavy atom. The summed E-state index contributed by atoms with van der Waals surface area (Å²) < 4.78 is 0. The maximum atomic E-state index is 4.37. The van der Waals surface area contributed by atoms with E-state index in [1.807, 2.05) is 39.2 Å². The summed E-state index contributed by atoms with van der Waals surface area (Å²) in [5.41, 5.74) is 2.10. The fraction of sp³-hybridized carbons (Fsp3) is 0.462. The zero-order valence-electron chi connectivity index (χ0n) is 10.4. The van der Waals surface area contributed by atoms with Gasteiger partial charge in [0.15, 0.2) is 0 Å². The smallest absolute Gasteiger partial charge is 0.129 e. The highest BCUT2D eigenvalue weighted by atomic mass is 15.0. The Morgan fingerprint density at radius 2 is 2.12 bits per heavy atom. The Balaban J connectivity index is 2.62. The first-order valence-electron chi connectivity index (χ1n) is 5.68. The molecule has 0 aromatic rings. The fourth-order valence-corrected chi connectivity index (χ4v) is 1.20. The van der Waals surface area contributed by atoms with Crippen LogP contribution in [-0.2, 0) is 0 Å². The predicted molar refractivity (Wildman–Crippen MR) is 70.1 cm³/mol. The number of allylic oxidation sites excluding steroid dienone is 3. The van der Waals surface area contributed by atoms with Gasteiger partial charge in [0.2, 0.25) is 0 Å². The lowest BCUT2D eigenvalue weighted by molar-refractivity contribution is 0.915. The molecule has 16 heavy (non-hydrogen) atoms. The molecule has 0 atom stereocenters. The molecule has 3 heteroatoms. The third-order valence-corrected chi connectivity index (χ3v) is 2.47. The molecule has 1 rings (SSSR count). The highest BCUT2D eigenvalue weighted by Crippen LogP contribution is 2.33. The maximum absolute atomic E-state index is 4.37. The van der Waals surface area contributed by atoms with Gasteiger partial charge in [-0.1, -0.05) is 12.7 Å². The van der Waals surface area contributed by atoms with Gasteiger partial charge in [0, 0.05) is 24.6 Å². The summed E-state index contributed by atoms with van der Waals surface area (Å²) in [5, 5.41) is 6.29. The topological polar surface area (TPSA) is 36.4 Å². The summed E-state index contributed by atoms with van der Waals surface area (Å²) >= 11 is 0. The van der Waals surface area contributed by atoms with Crippen molar-refractivity contribution in [3.8, 4) is 0 Å². The van der Waals surface area contributed by atoms with E-state index in [9.17, 15) is 0 Å². The second-order valence-corrected chi connectivity index (χ2v) is 4.00. The van der Waals surface area contributed by atoms with E-state index in [4.69, 9.17) is 0 Å². The lowest BCUT2D eigenvalue weighted by atomic mass is 10.3. The van der Waals surface area contributed by atoms with Gasteiger partial charge in [-0.05, 0) is 38.7 Å². The lowest BCUT2D eigenvalue weighted by Gasteiger charge is -2.07. The summed E-state index contributed by atoms with van der Waals surface area (Å²) in [6.07, 6.45) is 8.23. The van der Waals surface area contributed by atoms with Crippen LogP contribution in [0.3, 0.4) is 0 Å². The molecule has 1 fully saturated rings. The normalized spacial score (nSPS) is 17.7. The van der Waals surface area contributed by atoms with E-state index >= 15 is 0 Å². The zero-order chi connectivity index (χ0) is 12.0. The number of nitrogens with one attached hydrogen (secondary N) is 2. The van der Waals surface area contributed by atoms with Gasteiger partial charge in [0.25, 0.3) is 0 Å². The van der Waals surface area contributed by atoms with Crippen molar-refractivity contribution in [3.05, 3.63) is 36.3 Å². The van der Waals surface area contributed by atoms with E-state index in [0.29, 0.717) is 5.92 Å². The van der Waals surface area contributed by atoms with Crippen LogP contribution in [0.15, 0.2) is 41.3 Å². The molecule has 0 aliphatic heterocycles. The van der Waals surface area contributed by atoms with E-state index in [-0.39, 0.29) is 0 Å². The Bertz CT molecular complexity index is 333. The van der Waals surface area contributed by atoms with Gasteiger partial charge in [-0.25, -0.2) is 4.99 Å². The average Bonchev–Trinajstić information content (AvgIpc) is 3.09. The van der Waals surface area contributed by atoms with E-state index in [1.54, 1.807) is 0 Å². The van der Waals surface area contributed by atoms with Crippen LogP contribution in [0.25, 0.3) is 0 Å². The standard InChI is InChI=1S/C13H21N3/c1-5-6-13(15-9-10(2)14-4)16-11(3)12-7-8-12/h5-6,9,12,14H,3,7-8H2,1-2,4H3,(H,15,16)/b6-5-,10-9+. The first kappa shape index (κ1) is 12.6. The van der Waals surface area contributed by atoms with Crippen LogP contribution in [0.2, 0.25) is 0 Å². The highest BCUT2D eigenvalue weighted by molar-refractivity contribution is 5.94. The van der Waals surface area contributed by atoms with Gasteiger partial charge in [-0.3, -0.25) is 0 Å². The molecule has 0 aromatic carbocycles. The fourth-order valence-electron chi connectivity index (χ4n) is 1.20. The molecule has 0 amide bonds. The van der Waals surface area contributed by atoms with Crippen molar-refractivity contribution < 1.29 is 0 Å². The second kappa shape index (κ2) is 6.16. The number of rotatable bonds is 5. The van der Waals surface area contributed by atoms with E-state index in [1.165, 1.54) is 12.8 Å². The van der Waals surface area contributed by atoms with Gasteiger partial charge in [0.05, 0.1) is 0 Å². The molecule has 88 valence electrons. The SMILES string of the molecule is C=C(NC(/C=C\C)=N/C=C(\C)NC)C1CC1. The molecule has 0 saturated heterocycles. The monoisotopic (exact) mass is 219 g/mol. The first-order valence-corrected chi connectivity index (χ1v) is 5.68. The van der Waals surface area contributed by atoms with Gasteiger partial charge in [-0.15, -0.1) is 0 Å². The molecule has 0 bridgehead atoms. The largest absolute Gasteiger partial charge is 0.390 e. The minimum Gasteiger partial charge on any atom is -0.390 e.